The smallest absolute Gasteiger partial charge is 0.269 e. The lowest BCUT2D eigenvalue weighted by atomic mass is 9.79. The number of ether oxygens (including phenoxy) is 2. The Morgan fingerprint density at radius 2 is 1.50 bits per heavy atom. The number of non-ortho nitro benzene ring substituents is 1. The summed E-state index contributed by atoms with van der Waals surface area (Å²) in [6, 6.07) is 5.12. The van der Waals surface area contributed by atoms with Gasteiger partial charge in [-0.3, -0.25) is 19.7 Å². The SMILES string of the molecule is COC1(OC)[C@@]2(Cl)C(Cl)=C(Cl)[C@@]1(Cl)[C@@H](C(=O)Nc1ccc([N+](=O)[O-])cc1)[C@H]2C(C)=O. The fraction of sp³-hybridized carbons (Fsp3) is 0.444. The summed E-state index contributed by atoms with van der Waals surface area (Å²) < 4.78 is 11.1. The number of hydrogen-bond donors (Lipinski definition) is 1. The number of alkyl halides is 2. The highest BCUT2D eigenvalue weighted by Gasteiger charge is 2.86. The molecule has 0 unspecified atom stereocenters. The highest BCUT2D eigenvalue weighted by atomic mass is 35.5. The van der Waals surface area contributed by atoms with Crippen molar-refractivity contribution in [3.8, 4) is 0 Å². The summed E-state index contributed by atoms with van der Waals surface area (Å²) in [5, 5.41) is 13.1. The van der Waals surface area contributed by atoms with Gasteiger partial charge in [-0.25, -0.2) is 0 Å². The maximum absolute atomic E-state index is 13.3. The number of ketones is 1. The molecule has 0 spiro atoms. The second-order valence-corrected chi connectivity index (χ2v) is 8.88. The van der Waals surface area contributed by atoms with Gasteiger partial charge >= 0.3 is 0 Å². The quantitative estimate of drug-likeness (QED) is 0.275. The topological polar surface area (TPSA) is 108 Å². The van der Waals surface area contributed by atoms with E-state index in [0.717, 1.165) is 0 Å². The van der Waals surface area contributed by atoms with Crippen LogP contribution in [-0.4, -0.2) is 46.4 Å². The number of fused-ring (bicyclic) bond motifs is 2. The Bertz CT molecular complexity index is 964. The molecule has 8 nitrogen and oxygen atoms in total. The van der Waals surface area contributed by atoms with Gasteiger partial charge in [-0.1, -0.05) is 23.2 Å². The van der Waals surface area contributed by atoms with Crippen LogP contribution in [0.25, 0.3) is 0 Å². The second kappa shape index (κ2) is 7.62. The second-order valence-electron chi connectivity index (χ2n) is 6.94. The van der Waals surface area contributed by atoms with Crippen LogP contribution in [0.3, 0.4) is 0 Å². The molecule has 2 aliphatic rings. The molecule has 3 rings (SSSR count). The van der Waals surface area contributed by atoms with Crippen LogP contribution < -0.4 is 5.32 Å². The number of benzene rings is 1. The van der Waals surface area contributed by atoms with E-state index >= 15 is 0 Å². The fourth-order valence-corrected chi connectivity index (χ4v) is 6.65. The van der Waals surface area contributed by atoms with E-state index in [1.807, 2.05) is 0 Å². The number of rotatable bonds is 6. The number of anilines is 1. The van der Waals surface area contributed by atoms with Gasteiger partial charge in [-0.2, -0.15) is 0 Å². The zero-order valence-electron chi connectivity index (χ0n) is 15.9. The van der Waals surface area contributed by atoms with Crippen LogP contribution in [0.2, 0.25) is 0 Å². The van der Waals surface area contributed by atoms with E-state index in [0.29, 0.717) is 0 Å². The highest BCUT2D eigenvalue weighted by Crippen LogP contribution is 2.74. The fourth-order valence-electron chi connectivity index (χ4n) is 4.43. The molecule has 2 aliphatic carbocycles. The van der Waals surface area contributed by atoms with E-state index in [1.165, 1.54) is 45.4 Å². The largest absolute Gasteiger partial charge is 0.350 e. The Kier molecular flexibility index (Phi) is 5.90. The molecule has 1 fully saturated rings. The normalized spacial score (nSPS) is 31.7. The van der Waals surface area contributed by atoms with Crippen molar-refractivity contribution in [2.24, 2.45) is 11.8 Å². The minimum Gasteiger partial charge on any atom is -0.350 e. The van der Waals surface area contributed by atoms with Crippen molar-refractivity contribution in [2.75, 3.05) is 19.5 Å². The summed E-state index contributed by atoms with van der Waals surface area (Å²) in [6.45, 7) is 1.25. The molecular weight excluding hydrogens is 482 g/mol. The Morgan fingerprint density at radius 3 is 1.90 bits per heavy atom. The Morgan fingerprint density at radius 1 is 1.03 bits per heavy atom. The van der Waals surface area contributed by atoms with Gasteiger partial charge in [-0.05, 0) is 19.1 Å². The third-order valence-electron chi connectivity index (χ3n) is 5.62. The number of carbonyl (C=O) groups excluding carboxylic acids is 2. The van der Waals surface area contributed by atoms with Crippen molar-refractivity contribution in [2.45, 2.75) is 22.5 Å². The molecule has 1 aromatic carbocycles. The number of nitrogens with zero attached hydrogens (tertiary/aromatic N) is 1. The first-order valence-electron chi connectivity index (χ1n) is 8.54. The predicted octanol–water partition coefficient (Wildman–Crippen LogP) is 4.02. The van der Waals surface area contributed by atoms with Crippen LogP contribution in [0, 0.1) is 22.0 Å². The number of halogens is 4. The van der Waals surface area contributed by atoms with Gasteiger partial charge in [0.1, 0.15) is 15.5 Å². The van der Waals surface area contributed by atoms with Gasteiger partial charge in [0.05, 0.1) is 26.8 Å². The molecule has 12 heteroatoms. The van der Waals surface area contributed by atoms with Crippen LogP contribution >= 0.6 is 46.4 Å². The minimum atomic E-state index is -1.91. The lowest BCUT2D eigenvalue weighted by molar-refractivity contribution is -0.384. The predicted molar refractivity (Wildman–Crippen MR) is 112 cm³/mol. The number of nitrogens with one attached hydrogen (secondary N) is 1. The molecule has 162 valence electrons. The molecule has 30 heavy (non-hydrogen) atoms. The highest BCUT2D eigenvalue weighted by molar-refractivity contribution is 6.53. The molecule has 1 amide bonds. The molecule has 0 aliphatic heterocycles. The summed E-state index contributed by atoms with van der Waals surface area (Å²) in [7, 11) is 2.51. The Balaban J connectivity index is 2.10. The summed E-state index contributed by atoms with van der Waals surface area (Å²) in [6.07, 6.45) is 0. The van der Waals surface area contributed by atoms with Gasteiger partial charge in [0.2, 0.25) is 11.7 Å². The summed E-state index contributed by atoms with van der Waals surface area (Å²) >= 11 is 26.5. The lowest BCUT2D eigenvalue weighted by Crippen LogP contribution is -2.58. The van der Waals surface area contributed by atoms with E-state index in [2.05, 4.69) is 5.32 Å². The summed E-state index contributed by atoms with van der Waals surface area (Å²) in [5.74, 6) is -5.64. The number of nitro benzene ring substituents is 1. The zero-order chi connectivity index (χ0) is 22.6. The van der Waals surface area contributed by atoms with Crippen LogP contribution in [0.1, 0.15) is 6.92 Å². The standard InChI is InChI=1S/C18H16Cl4N2O6/c1-8(25)11-12(15(26)23-9-4-6-10(7-5-9)24(27)28)17(22)14(20)13(19)16(11,21)18(17,29-2)30-3/h4-7,11-12H,1-3H3,(H,23,26)/t11-,12-,16+,17+/m1/s1. The maximum atomic E-state index is 13.3. The van der Waals surface area contributed by atoms with Crippen molar-refractivity contribution >= 4 is 69.5 Å². The first-order chi connectivity index (χ1) is 13.9. The van der Waals surface area contributed by atoms with Crippen molar-refractivity contribution in [3.63, 3.8) is 0 Å². The summed E-state index contributed by atoms with van der Waals surface area (Å²) in [4.78, 5) is 32.4. The van der Waals surface area contributed by atoms with Gasteiger partial charge in [0.15, 0.2) is 0 Å². The van der Waals surface area contributed by atoms with Crippen LogP contribution in [0.5, 0.6) is 0 Å². The molecule has 0 radical (unpaired) electrons. The molecule has 0 aromatic heterocycles. The number of amides is 1. The number of hydrogen-bond acceptors (Lipinski definition) is 6. The summed E-state index contributed by atoms with van der Waals surface area (Å²) in [5.41, 5.74) is 0.0878. The first kappa shape index (κ1) is 23.2. The van der Waals surface area contributed by atoms with Gasteiger partial charge < -0.3 is 14.8 Å². The molecule has 1 N–H and O–H groups in total. The molecule has 1 saturated carbocycles. The number of nitro groups is 1. The van der Waals surface area contributed by atoms with Crippen molar-refractivity contribution < 1.29 is 24.0 Å². The van der Waals surface area contributed by atoms with Gasteiger partial charge in [-0.15, -0.1) is 23.2 Å². The van der Waals surface area contributed by atoms with Crippen LogP contribution in [-0.2, 0) is 19.1 Å². The molecule has 2 bridgehead atoms. The van der Waals surface area contributed by atoms with Gasteiger partial charge in [0, 0.05) is 32.0 Å². The van der Waals surface area contributed by atoms with E-state index < -0.39 is 44.0 Å². The monoisotopic (exact) mass is 496 g/mol. The van der Waals surface area contributed by atoms with E-state index in [4.69, 9.17) is 55.9 Å². The third-order valence-corrected chi connectivity index (χ3v) is 8.23. The van der Waals surface area contributed by atoms with Crippen LogP contribution in [0.4, 0.5) is 11.4 Å². The Labute approximate surface area is 191 Å². The van der Waals surface area contributed by atoms with E-state index in [-0.39, 0.29) is 21.4 Å². The minimum absolute atomic E-state index is 0.135. The van der Waals surface area contributed by atoms with Crippen molar-refractivity contribution in [3.05, 3.63) is 44.4 Å². The molecule has 4 atom stereocenters. The van der Waals surface area contributed by atoms with Gasteiger partial charge in [0.25, 0.3) is 5.69 Å². The van der Waals surface area contributed by atoms with Crippen molar-refractivity contribution in [1.82, 2.24) is 0 Å². The van der Waals surface area contributed by atoms with E-state index in [1.54, 1.807) is 0 Å². The lowest BCUT2D eigenvalue weighted by Gasteiger charge is -2.41. The maximum Gasteiger partial charge on any atom is 0.269 e. The average molecular weight is 498 g/mol. The third kappa shape index (κ3) is 2.68. The molecule has 1 aromatic rings. The van der Waals surface area contributed by atoms with Crippen LogP contribution in [0.15, 0.2) is 34.3 Å². The number of carbonyl (C=O) groups is 2. The average Bonchev–Trinajstić information content (AvgIpc) is 2.96. The van der Waals surface area contributed by atoms with E-state index in [9.17, 15) is 19.7 Å². The molecule has 0 saturated heterocycles. The Hall–Kier alpha value is -1.42. The number of methoxy groups -OCH3 is 2. The molecule has 0 heterocycles. The molecular formula is C18H16Cl4N2O6. The zero-order valence-corrected chi connectivity index (χ0v) is 18.9. The first-order valence-corrected chi connectivity index (χ1v) is 10.0. The van der Waals surface area contributed by atoms with Crippen molar-refractivity contribution in [1.29, 1.82) is 0 Å². The number of Topliss-reactive ketones (excluding diaryl/α,β-unsaturated/α-hetero) is 1.